The van der Waals surface area contributed by atoms with Crippen molar-refractivity contribution in [2.24, 2.45) is 0 Å². The molecule has 0 saturated heterocycles. The first kappa shape index (κ1) is 17.9. The minimum Gasteiger partial charge on any atom is -0.344 e. The van der Waals surface area contributed by atoms with Crippen molar-refractivity contribution in [3.63, 3.8) is 0 Å². The Kier molecular flexibility index (Phi) is 4.43. The standard InChI is InChI=1S/C21H21N5O2/c1-4-14-6-8-15(9-7-14)13(3)22-20(27)18-19-21(28)23-16-11-12(2)5-10-17(16)26(19)25-24-18/h5-11,13H,4H2,1-3H3,(H,22,27)(H,23,28)/t13-/m1/s1. The summed E-state index contributed by atoms with van der Waals surface area (Å²) in [6, 6.07) is 13.5. The number of aromatic nitrogens is 4. The Balaban J connectivity index is 1.69. The molecule has 2 N–H and O–H groups in total. The van der Waals surface area contributed by atoms with Crippen LogP contribution in [0.3, 0.4) is 0 Å². The lowest BCUT2D eigenvalue weighted by molar-refractivity contribution is 0.0936. The van der Waals surface area contributed by atoms with E-state index in [4.69, 9.17) is 0 Å². The minimum atomic E-state index is -0.431. The summed E-state index contributed by atoms with van der Waals surface area (Å²) in [5.74, 6) is -0.431. The second kappa shape index (κ2) is 6.92. The molecule has 0 spiro atoms. The van der Waals surface area contributed by atoms with E-state index in [-0.39, 0.29) is 17.3 Å². The van der Waals surface area contributed by atoms with Crippen molar-refractivity contribution in [2.45, 2.75) is 33.2 Å². The molecule has 0 saturated carbocycles. The molecule has 0 radical (unpaired) electrons. The number of nitrogens with one attached hydrogen (secondary N) is 2. The summed E-state index contributed by atoms with van der Waals surface area (Å²) >= 11 is 0. The van der Waals surface area contributed by atoms with E-state index >= 15 is 0 Å². The van der Waals surface area contributed by atoms with Gasteiger partial charge in [-0.2, -0.15) is 0 Å². The highest BCUT2D eigenvalue weighted by atomic mass is 16.2. The number of aryl methyl sites for hydroxylation is 2. The van der Waals surface area contributed by atoms with Crippen LogP contribution in [0.15, 0.2) is 47.3 Å². The van der Waals surface area contributed by atoms with Gasteiger partial charge < -0.3 is 10.3 Å². The molecule has 4 aromatic rings. The van der Waals surface area contributed by atoms with Crippen LogP contribution in [0, 0.1) is 6.92 Å². The molecule has 2 aromatic heterocycles. The largest absolute Gasteiger partial charge is 0.344 e. The molecule has 0 aliphatic carbocycles. The van der Waals surface area contributed by atoms with Gasteiger partial charge in [-0.1, -0.05) is 42.5 Å². The Morgan fingerprint density at radius 1 is 1.21 bits per heavy atom. The molecule has 2 aromatic carbocycles. The normalized spacial score (nSPS) is 12.4. The first-order valence-electron chi connectivity index (χ1n) is 9.25. The number of hydrogen-bond donors (Lipinski definition) is 2. The molecule has 1 atom stereocenters. The number of H-pyrrole nitrogens is 1. The fourth-order valence-corrected chi connectivity index (χ4v) is 3.31. The number of hydrogen-bond acceptors (Lipinski definition) is 4. The summed E-state index contributed by atoms with van der Waals surface area (Å²) in [6.07, 6.45) is 0.962. The Hall–Kier alpha value is -3.48. The van der Waals surface area contributed by atoms with Gasteiger partial charge >= 0.3 is 0 Å². The minimum absolute atomic E-state index is 0.0146. The maximum absolute atomic E-state index is 12.8. The van der Waals surface area contributed by atoms with Gasteiger partial charge in [0.25, 0.3) is 11.5 Å². The van der Waals surface area contributed by atoms with Crippen molar-refractivity contribution in [1.82, 2.24) is 25.1 Å². The lowest BCUT2D eigenvalue weighted by Crippen LogP contribution is -2.28. The number of fused-ring (bicyclic) bond motifs is 3. The Labute approximate surface area is 161 Å². The second-order valence-corrected chi connectivity index (χ2v) is 6.96. The van der Waals surface area contributed by atoms with Crippen molar-refractivity contribution in [3.8, 4) is 0 Å². The molecule has 0 fully saturated rings. The van der Waals surface area contributed by atoms with Crippen LogP contribution in [0.4, 0.5) is 0 Å². The molecule has 0 unspecified atom stereocenters. The first-order chi connectivity index (χ1) is 13.5. The molecule has 1 amide bonds. The van der Waals surface area contributed by atoms with E-state index in [1.165, 1.54) is 10.1 Å². The Bertz CT molecular complexity index is 1240. The summed E-state index contributed by atoms with van der Waals surface area (Å²) in [4.78, 5) is 28.2. The highest BCUT2D eigenvalue weighted by Gasteiger charge is 2.21. The van der Waals surface area contributed by atoms with E-state index in [1.54, 1.807) is 0 Å². The molecule has 7 nitrogen and oxygen atoms in total. The lowest BCUT2D eigenvalue weighted by Gasteiger charge is -2.14. The topological polar surface area (TPSA) is 92.2 Å². The van der Waals surface area contributed by atoms with Crippen molar-refractivity contribution >= 4 is 22.5 Å². The van der Waals surface area contributed by atoms with Crippen molar-refractivity contribution in [3.05, 3.63) is 75.2 Å². The first-order valence-corrected chi connectivity index (χ1v) is 9.25. The average Bonchev–Trinajstić information content (AvgIpc) is 3.14. The maximum atomic E-state index is 12.8. The van der Waals surface area contributed by atoms with E-state index in [0.29, 0.717) is 11.0 Å². The zero-order valence-corrected chi connectivity index (χ0v) is 16.0. The smallest absolute Gasteiger partial charge is 0.277 e. The summed E-state index contributed by atoms with van der Waals surface area (Å²) in [5, 5.41) is 10.9. The van der Waals surface area contributed by atoms with Crippen LogP contribution < -0.4 is 10.9 Å². The van der Waals surface area contributed by atoms with E-state index in [0.717, 1.165) is 17.5 Å². The number of nitrogens with zero attached hydrogens (tertiary/aromatic N) is 3. The average molecular weight is 375 g/mol. The molecule has 7 heteroatoms. The van der Waals surface area contributed by atoms with Crippen LogP contribution >= 0.6 is 0 Å². The quantitative estimate of drug-likeness (QED) is 0.574. The van der Waals surface area contributed by atoms with Crippen molar-refractivity contribution < 1.29 is 4.79 Å². The molecule has 142 valence electrons. The Morgan fingerprint density at radius 2 is 1.96 bits per heavy atom. The van der Waals surface area contributed by atoms with Crippen LogP contribution in [0.1, 0.15) is 47.1 Å². The highest BCUT2D eigenvalue weighted by Crippen LogP contribution is 2.17. The Morgan fingerprint density at radius 3 is 2.68 bits per heavy atom. The van der Waals surface area contributed by atoms with Crippen LogP contribution in [-0.2, 0) is 6.42 Å². The number of carbonyl (C=O) groups is 1. The predicted molar refractivity (Wildman–Crippen MR) is 108 cm³/mol. The van der Waals surface area contributed by atoms with Crippen LogP contribution in [-0.4, -0.2) is 25.7 Å². The van der Waals surface area contributed by atoms with Gasteiger partial charge in [-0.15, -0.1) is 5.10 Å². The van der Waals surface area contributed by atoms with Crippen molar-refractivity contribution in [1.29, 1.82) is 0 Å². The number of amides is 1. The van der Waals surface area contributed by atoms with E-state index in [2.05, 4.69) is 27.5 Å². The third-order valence-electron chi connectivity index (χ3n) is 4.96. The third-order valence-corrected chi connectivity index (χ3v) is 4.96. The molecule has 0 aliphatic heterocycles. The summed E-state index contributed by atoms with van der Waals surface area (Å²) in [5.41, 5.74) is 4.34. The van der Waals surface area contributed by atoms with Gasteiger partial charge in [0.1, 0.15) is 0 Å². The van der Waals surface area contributed by atoms with E-state index < -0.39 is 11.5 Å². The number of carbonyl (C=O) groups excluding carboxylic acids is 1. The molecule has 0 bridgehead atoms. The number of benzene rings is 2. The number of rotatable bonds is 4. The van der Waals surface area contributed by atoms with Gasteiger partial charge in [0.2, 0.25) is 0 Å². The molecule has 2 heterocycles. The van der Waals surface area contributed by atoms with Gasteiger partial charge in [-0.3, -0.25) is 9.59 Å². The summed E-state index contributed by atoms with van der Waals surface area (Å²) in [7, 11) is 0. The SMILES string of the molecule is CCc1ccc([C@@H](C)NC(=O)c2nnn3c2c(=O)[nH]c2cc(C)ccc23)cc1. The fourth-order valence-electron chi connectivity index (χ4n) is 3.31. The molecular formula is C21H21N5O2. The summed E-state index contributed by atoms with van der Waals surface area (Å²) < 4.78 is 1.42. The van der Waals surface area contributed by atoms with Crippen LogP contribution in [0.25, 0.3) is 16.6 Å². The maximum Gasteiger partial charge on any atom is 0.277 e. The molecule has 0 aliphatic rings. The van der Waals surface area contributed by atoms with E-state index in [1.807, 2.05) is 56.3 Å². The van der Waals surface area contributed by atoms with Crippen LogP contribution in [0.5, 0.6) is 0 Å². The number of aromatic amines is 1. The molecular weight excluding hydrogens is 354 g/mol. The van der Waals surface area contributed by atoms with Crippen LogP contribution in [0.2, 0.25) is 0 Å². The zero-order chi connectivity index (χ0) is 19.8. The third kappa shape index (κ3) is 3.05. The predicted octanol–water partition coefficient (Wildman–Crippen LogP) is 2.93. The van der Waals surface area contributed by atoms with Crippen molar-refractivity contribution in [2.75, 3.05) is 0 Å². The monoisotopic (exact) mass is 375 g/mol. The lowest BCUT2D eigenvalue weighted by atomic mass is 10.0. The second-order valence-electron chi connectivity index (χ2n) is 6.96. The fraction of sp³-hybridized carbons (Fsp3) is 0.238. The van der Waals surface area contributed by atoms with Gasteiger partial charge in [-0.05, 0) is 49.1 Å². The molecule has 28 heavy (non-hydrogen) atoms. The summed E-state index contributed by atoms with van der Waals surface area (Å²) in [6.45, 7) is 5.93. The van der Waals surface area contributed by atoms with Gasteiger partial charge in [-0.25, -0.2) is 4.52 Å². The van der Waals surface area contributed by atoms with E-state index in [9.17, 15) is 9.59 Å². The van der Waals surface area contributed by atoms with Gasteiger partial charge in [0, 0.05) is 0 Å². The zero-order valence-electron chi connectivity index (χ0n) is 16.0. The van der Waals surface area contributed by atoms with Gasteiger partial charge in [0.15, 0.2) is 11.2 Å². The highest BCUT2D eigenvalue weighted by molar-refractivity contribution is 5.99. The molecule has 4 rings (SSSR count). The van der Waals surface area contributed by atoms with Gasteiger partial charge in [0.05, 0.1) is 17.1 Å².